The first-order chi connectivity index (χ1) is 18.8. The molecule has 13 nitrogen and oxygen atoms in total. The van der Waals surface area contributed by atoms with E-state index < -0.39 is 16.1 Å². The van der Waals surface area contributed by atoms with Crippen LogP contribution >= 0.6 is 0 Å². The van der Waals surface area contributed by atoms with Crippen LogP contribution in [-0.2, 0) is 21.2 Å². The van der Waals surface area contributed by atoms with Gasteiger partial charge in [0.15, 0.2) is 5.82 Å². The Kier molecular flexibility index (Phi) is 8.16. The summed E-state index contributed by atoms with van der Waals surface area (Å²) in [5.41, 5.74) is 2.29. The first kappa shape index (κ1) is 27.5. The van der Waals surface area contributed by atoms with Gasteiger partial charge in [0.05, 0.1) is 24.2 Å². The number of benzene rings is 1. The number of likely N-dealkylation sites (N-methyl/N-ethyl adjacent to an activating group) is 1. The molecule has 1 atom stereocenters. The second-order valence-electron chi connectivity index (χ2n) is 10.1. The van der Waals surface area contributed by atoms with Crippen LogP contribution in [0.1, 0.15) is 37.7 Å². The Hall–Kier alpha value is -3.07. The molecule has 0 radical (unpaired) electrons. The SMILES string of the molecule is CCCN1CC2=C(C(=O)NC2c2cc(S(=O)(=O)N3CCN(CCc4nn[nH]n4)CC3)ccc2OCC)N(C)C1. The first-order valence-corrected chi connectivity index (χ1v) is 14.9. The Morgan fingerprint density at radius 3 is 2.59 bits per heavy atom. The maximum absolute atomic E-state index is 13.7. The summed E-state index contributed by atoms with van der Waals surface area (Å²) in [6.45, 7) is 9.46. The summed E-state index contributed by atoms with van der Waals surface area (Å²) in [6.07, 6.45) is 1.66. The molecule has 2 N–H and O–H groups in total. The fourth-order valence-corrected chi connectivity index (χ4v) is 7.09. The van der Waals surface area contributed by atoms with Gasteiger partial charge in [-0.1, -0.05) is 12.1 Å². The standard InChI is InChI=1S/C25H37N9O4S/c1-4-9-33-16-20-23(26-25(35)24(20)31(3)17-33)19-15-18(6-7-21(19)38-5-2)39(36,37)34-13-11-32(12-14-34)10-8-22-27-29-30-28-22/h6-7,15,23H,4-5,8-14,16-17H2,1-3H3,(H,26,35)(H,27,28,29,30). The van der Waals surface area contributed by atoms with Crippen molar-refractivity contribution < 1.29 is 17.9 Å². The summed E-state index contributed by atoms with van der Waals surface area (Å²) in [5.74, 6) is 1.09. The molecule has 1 aromatic carbocycles. The van der Waals surface area contributed by atoms with E-state index in [9.17, 15) is 13.2 Å². The van der Waals surface area contributed by atoms with Gasteiger partial charge in [0.25, 0.3) is 5.91 Å². The quantitative estimate of drug-likeness (QED) is 0.415. The van der Waals surface area contributed by atoms with Crippen LogP contribution in [0.4, 0.5) is 0 Å². The number of tetrazole rings is 1. The average molecular weight is 560 g/mol. The van der Waals surface area contributed by atoms with Crippen LogP contribution in [0.3, 0.4) is 0 Å². The molecule has 1 saturated heterocycles. The molecule has 1 unspecified atom stereocenters. The van der Waals surface area contributed by atoms with E-state index >= 15 is 0 Å². The topological polar surface area (TPSA) is 140 Å². The Labute approximate surface area is 229 Å². The molecule has 1 aromatic heterocycles. The lowest BCUT2D eigenvalue weighted by Crippen LogP contribution is -2.49. The van der Waals surface area contributed by atoms with Gasteiger partial charge in [0, 0.05) is 58.3 Å². The smallest absolute Gasteiger partial charge is 0.268 e. The summed E-state index contributed by atoms with van der Waals surface area (Å²) >= 11 is 0. The van der Waals surface area contributed by atoms with Crippen LogP contribution in [0.25, 0.3) is 0 Å². The van der Waals surface area contributed by atoms with Crippen molar-refractivity contribution in [1.82, 2.24) is 44.9 Å². The second-order valence-corrected chi connectivity index (χ2v) is 12.1. The molecule has 0 aliphatic carbocycles. The molecule has 5 rings (SSSR count). The molecular weight excluding hydrogens is 522 g/mol. The number of aromatic nitrogens is 4. The number of H-pyrrole nitrogens is 1. The predicted octanol–water partition coefficient (Wildman–Crippen LogP) is 0.187. The summed E-state index contributed by atoms with van der Waals surface area (Å²) in [5, 5.41) is 17.1. The van der Waals surface area contributed by atoms with Crippen molar-refractivity contribution in [2.75, 3.05) is 66.1 Å². The van der Waals surface area contributed by atoms with Crippen LogP contribution in [0.5, 0.6) is 5.75 Å². The number of sulfonamides is 1. The molecule has 1 fully saturated rings. The maximum Gasteiger partial charge on any atom is 0.268 e. The van der Waals surface area contributed by atoms with Crippen molar-refractivity contribution in [3.8, 4) is 5.75 Å². The van der Waals surface area contributed by atoms with Crippen molar-refractivity contribution in [3.63, 3.8) is 0 Å². The third kappa shape index (κ3) is 5.64. The minimum atomic E-state index is -3.74. The molecule has 3 aliphatic heterocycles. The highest BCUT2D eigenvalue weighted by Crippen LogP contribution is 2.39. The highest BCUT2D eigenvalue weighted by Gasteiger charge is 2.40. The number of aromatic amines is 1. The molecule has 1 amide bonds. The van der Waals surface area contributed by atoms with E-state index in [1.807, 2.05) is 18.9 Å². The summed E-state index contributed by atoms with van der Waals surface area (Å²) in [4.78, 5) is 19.7. The zero-order valence-corrected chi connectivity index (χ0v) is 23.6. The molecule has 0 bridgehead atoms. The lowest BCUT2D eigenvalue weighted by atomic mass is 9.97. The third-order valence-corrected chi connectivity index (χ3v) is 9.37. The number of carbonyl (C=O) groups is 1. The van der Waals surface area contributed by atoms with Gasteiger partial charge in [-0.3, -0.25) is 9.69 Å². The molecule has 4 heterocycles. The molecule has 2 aromatic rings. The zero-order valence-electron chi connectivity index (χ0n) is 22.8. The lowest BCUT2D eigenvalue weighted by molar-refractivity contribution is -0.118. The number of carbonyl (C=O) groups excluding carboxylic acids is 1. The summed E-state index contributed by atoms with van der Waals surface area (Å²) < 4.78 is 34.9. The average Bonchev–Trinajstić information content (AvgIpc) is 3.56. The van der Waals surface area contributed by atoms with E-state index in [1.54, 1.807) is 18.2 Å². The fraction of sp³-hybridized carbons (Fsp3) is 0.600. The lowest BCUT2D eigenvalue weighted by Gasteiger charge is -2.35. The van der Waals surface area contributed by atoms with Crippen molar-refractivity contribution in [2.45, 2.75) is 37.6 Å². The van der Waals surface area contributed by atoms with Crippen LogP contribution in [-0.4, -0.2) is 120 Å². The van der Waals surface area contributed by atoms with E-state index in [1.165, 1.54) is 4.31 Å². The van der Waals surface area contributed by atoms with Gasteiger partial charge in [-0.25, -0.2) is 8.42 Å². The second kappa shape index (κ2) is 11.6. The first-order valence-electron chi connectivity index (χ1n) is 13.5. The van der Waals surface area contributed by atoms with E-state index in [0.717, 1.165) is 25.1 Å². The number of amides is 1. The number of hydrogen-bond acceptors (Lipinski definition) is 10. The number of nitrogens with zero attached hydrogens (tertiary/aromatic N) is 7. The monoisotopic (exact) mass is 559 g/mol. The highest BCUT2D eigenvalue weighted by atomic mass is 32.2. The van der Waals surface area contributed by atoms with Crippen LogP contribution in [0, 0.1) is 0 Å². The predicted molar refractivity (Wildman–Crippen MR) is 143 cm³/mol. The van der Waals surface area contributed by atoms with Gasteiger partial charge in [0.1, 0.15) is 11.4 Å². The van der Waals surface area contributed by atoms with Crippen LogP contribution in [0.2, 0.25) is 0 Å². The molecule has 14 heteroatoms. The van der Waals surface area contributed by atoms with Gasteiger partial charge in [0.2, 0.25) is 10.0 Å². The number of rotatable bonds is 10. The maximum atomic E-state index is 13.7. The Balaban J connectivity index is 1.37. The molecule has 0 saturated carbocycles. The minimum Gasteiger partial charge on any atom is -0.494 e. The zero-order chi connectivity index (χ0) is 27.6. The fourth-order valence-electron chi connectivity index (χ4n) is 5.64. The normalized spacial score (nSPS) is 21.4. The number of nitrogens with one attached hydrogen (secondary N) is 2. The minimum absolute atomic E-state index is 0.138. The van der Waals surface area contributed by atoms with Gasteiger partial charge in [-0.05, 0) is 43.7 Å². The van der Waals surface area contributed by atoms with Gasteiger partial charge in [-0.2, -0.15) is 9.52 Å². The van der Waals surface area contributed by atoms with E-state index in [-0.39, 0.29) is 10.8 Å². The van der Waals surface area contributed by atoms with Crippen LogP contribution < -0.4 is 10.1 Å². The molecule has 212 valence electrons. The van der Waals surface area contributed by atoms with Crippen molar-refractivity contribution in [1.29, 1.82) is 0 Å². The van der Waals surface area contributed by atoms with Gasteiger partial charge >= 0.3 is 0 Å². The Bertz CT molecular complexity index is 1310. The van der Waals surface area contributed by atoms with Crippen molar-refractivity contribution in [2.24, 2.45) is 0 Å². The van der Waals surface area contributed by atoms with Gasteiger partial charge < -0.3 is 19.9 Å². The molecule has 39 heavy (non-hydrogen) atoms. The Morgan fingerprint density at radius 1 is 1.10 bits per heavy atom. The summed E-state index contributed by atoms with van der Waals surface area (Å²) in [7, 11) is -1.82. The number of piperazine rings is 1. The molecule has 3 aliphatic rings. The van der Waals surface area contributed by atoms with E-state index in [0.29, 0.717) is 75.3 Å². The Morgan fingerprint density at radius 2 is 1.90 bits per heavy atom. The van der Waals surface area contributed by atoms with Crippen LogP contribution in [0.15, 0.2) is 34.4 Å². The van der Waals surface area contributed by atoms with E-state index in [2.05, 4.69) is 42.7 Å². The van der Waals surface area contributed by atoms with Crippen molar-refractivity contribution >= 4 is 15.9 Å². The van der Waals surface area contributed by atoms with E-state index in [4.69, 9.17) is 4.74 Å². The third-order valence-electron chi connectivity index (χ3n) is 7.47. The van der Waals surface area contributed by atoms with Gasteiger partial charge in [-0.15, -0.1) is 10.2 Å². The number of hydrogen-bond donors (Lipinski definition) is 2. The largest absolute Gasteiger partial charge is 0.494 e. The molecule has 0 spiro atoms. The van der Waals surface area contributed by atoms with Crippen molar-refractivity contribution in [3.05, 3.63) is 40.9 Å². The molecular formula is C25H37N9O4S. The summed E-state index contributed by atoms with van der Waals surface area (Å²) in [6, 6.07) is 4.55. The highest BCUT2D eigenvalue weighted by molar-refractivity contribution is 7.89. The number of ether oxygens (including phenoxy) is 1.